The van der Waals surface area contributed by atoms with E-state index < -0.39 is 0 Å². The lowest BCUT2D eigenvalue weighted by Crippen LogP contribution is -2.17. The van der Waals surface area contributed by atoms with Gasteiger partial charge in [0, 0.05) is 6.20 Å². The Labute approximate surface area is 78.4 Å². The molecule has 2 unspecified atom stereocenters. The summed E-state index contributed by atoms with van der Waals surface area (Å²) in [5.41, 5.74) is 7.99. The Morgan fingerprint density at radius 2 is 2.23 bits per heavy atom. The number of rotatable bonds is 0. The molecular weight excluding hydrogens is 162 g/mol. The van der Waals surface area contributed by atoms with E-state index in [1.54, 1.807) is 0 Å². The van der Waals surface area contributed by atoms with Gasteiger partial charge in [-0.2, -0.15) is 0 Å². The van der Waals surface area contributed by atoms with Crippen LogP contribution in [0.15, 0.2) is 6.20 Å². The zero-order chi connectivity index (χ0) is 9.42. The Balaban J connectivity index is 2.43. The number of hydrogen-bond acceptors (Lipinski definition) is 3. The summed E-state index contributed by atoms with van der Waals surface area (Å²) in [6.07, 6.45) is 4.19. The van der Waals surface area contributed by atoms with Gasteiger partial charge in [-0.1, -0.05) is 13.8 Å². The first kappa shape index (κ1) is 8.48. The summed E-state index contributed by atoms with van der Waals surface area (Å²) >= 11 is 0. The number of hydrogen-bond donors (Lipinski definition) is 1. The van der Waals surface area contributed by atoms with E-state index in [9.17, 15) is 0 Å². The summed E-state index contributed by atoms with van der Waals surface area (Å²) in [6.45, 7) is 4.48. The van der Waals surface area contributed by atoms with Gasteiger partial charge in [-0.05, 0) is 30.2 Å². The fourth-order valence-electron chi connectivity index (χ4n) is 2.19. The molecular formula is C10H15N3. The molecule has 70 valence electrons. The second kappa shape index (κ2) is 2.98. The molecule has 0 radical (unpaired) electrons. The average molecular weight is 177 g/mol. The Kier molecular flexibility index (Phi) is 1.94. The van der Waals surface area contributed by atoms with Crippen molar-refractivity contribution in [3.63, 3.8) is 0 Å². The Morgan fingerprint density at radius 3 is 3.00 bits per heavy atom. The molecule has 1 aliphatic rings. The maximum atomic E-state index is 5.56. The van der Waals surface area contributed by atoms with Gasteiger partial charge < -0.3 is 5.73 Å². The maximum Gasteiger partial charge on any atom is 0.220 e. The second-order valence-electron chi connectivity index (χ2n) is 4.08. The van der Waals surface area contributed by atoms with Gasteiger partial charge >= 0.3 is 0 Å². The van der Waals surface area contributed by atoms with E-state index >= 15 is 0 Å². The van der Waals surface area contributed by atoms with Gasteiger partial charge in [-0.3, -0.25) is 0 Å². The second-order valence-corrected chi connectivity index (χ2v) is 4.08. The van der Waals surface area contributed by atoms with Crippen molar-refractivity contribution in [2.24, 2.45) is 5.92 Å². The third-order valence-corrected chi connectivity index (χ3v) is 2.71. The molecule has 3 nitrogen and oxygen atoms in total. The Bertz CT molecular complexity index is 322. The number of anilines is 1. The molecule has 2 rings (SSSR count). The number of nitrogens with two attached hydrogens (primary N) is 1. The van der Waals surface area contributed by atoms with Crippen molar-refractivity contribution in [3.8, 4) is 0 Å². The highest BCUT2D eigenvalue weighted by molar-refractivity contribution is 5.29. The van der Waals surface area contributed by atoms with Crippen LogP contribution in [0.25, 0.3) is 0 Å². The largest absolute Gasteiger partial charge is 0.368 e. The van der Waals surface area contributed by atoms with Crippen molar-refractivity contribution in [1.29, 1.82) is 0 Å². The van der Waals surface area contributed by atoms with Crippen LogP contribution in [-0.4, -0.2) is 9.97 Å². The number of aromatic nitrogens is 2. The van der Waals surface area contributed by atoms with Crippen LogP contribution in [0.4, 0.5) is 5.95 Å². The molecule has 0 aromatic carbocycles. The van der Waals surface area contributed by atoms with Gasteiger partial charge in [0.2, 0.25) is 5.95 Å². The van der Waals surface area contributed by atoms with Crippen LogP contribution in [0.1, 0.15) is 37.4 Å². The molecule has 0 saturated carbocycles. The van der Waals surface area contributed by atoms with Crippen molar-refractivity contribution in [1.82, 2.24) is 9.97 Å². The maximum absolute atomic E-state index is 5.56. The minimum absolute atomic E-state index is 0.403. The Morgan fingerprint density at radius 1 is 1.46 bits per heavy atom. The lowest BCUT2D eigenvalue weighted by molar-refractivity contribution is 0.440. The monoisotopic (exact) mass is 177 g/mol. The van der Waals surface area contributed by atoms with Gasteiger partial charge in [-0.15, -0.1) is 0 Å². The molecule has 2 atom stereocenters. The third-order valence-electron chi connectivity index (χ3n) is 2.71. The standard InChI is InChI=1S/C10H15N3/c1-6-3-7(2)9-8(4-6)5-12-10(11)13-9/h5-7H,3-4H2,1-2H3,(H2,11,12,13). The highest BCUT2D eigenvalue weighted by Gasteiger charge is 2.22. The van der Waals surface area contributed by atoms with Crippen molar-refractivity contribution in [2.75, 3.05) is 5.73 Å². The van der Waals surface area contributed by atoms with Gasteiger partial charge in [0.25, 0.3) is 0 Å². The smallest absolute Gasteiger partial charge is 0.220 e. The van der Waals surface area contributed by atoms with E-state index in [0.29, 0.717) is 11.9 Å². The zero-order valence-corrected chi connectivity index (χ0v) is 8.12. The average Bonchev–Trinajstić information content (AvgIpc) is 2.06. The molecule has 0 bridgehead atoms. The molecule has 1 aromatic rings. The van der Waals surface area contributed by atoms with E-state index in [1.165, 1.54) is 12.0 Å². The van der Waals surface area contributed by atoms with Gasteiger partial charge in [-0.25, -0.2) is 9.97 Å². The van der Waals surface area contributed by atoms with Gasteiger partial charge in [0.05, 0.1) is 5.69 Å². The van der Waals surface area contributed by atoms with Crippen LogP contribution < -0.4 is 5.73 Å². The van der Waals surface area contributed by atoms with Crippen molar-refractivity contribution in [3.05, 3.63) is 17.5 Å². The molecule has 0 amide bonds. The first-order valence-corrected chi connectivity index (χ1v) is 4.78. The van der Waals surface area contributed by atoms with E-state index in [4.69, 9.17) is 5.73 Å². The van der Waals surface area contributed by atoms with Crippen LogP contribution in [0.5, 0.6) is 0 Å². The summed E-state index contributed by atoms with van der Waals surface area (Å²) in [5, 5.41) is 0. The predicted molar refractivity (Wildman–Crippen MR) is 52.3 cm³/mol. The minimum Gasteiger partial charge on any atom is -0.368 e. The lowest BCUT2D eigenvalue weighted by Gasteiger charge is -2.25. The third kappa shape index (κ3) is 1.50. The summed E-state index contributed by atoms with van der Waals surface area (Å²) in [5.74, 6) is 1.68. The quantitative estimate of drug-likeness (QED) is 0.656. The summed E-state index contributed by atoms with van der Waals surface area (Å²) in [4.78, 5) is 8.32. The number of fused-ring (bicyclic) bond motifs is 1. The van der Waals surface area contributed by atoms with Crippen LogP contribution in [0.3, 0.4) is 0 Å². The summed E-state index contributed by atoms with van der Waals surface area (Å²) in [7, 11) is 0. The lowest BCUT2D eigenvalue weighted by atomic mass is 9.82. The molecule has 0 saturated heterocycles. The number of nitrogens with zero attached hydrogens (tertiary/aromatic N) is 2. The molecule has 13 heavy (non-hydrogen) atoms. The highest BCUT2D eigenvalue weighted by Crippen LogP contribution is 2.32. The normalized spacial score (nSPS) is 26.9. The molecule has 3 heteroatoms. The van der Waals surface area contributed by atoms with Crippen molar-refractivity contribution >= 4 is 5.95 Å². The molecule has 0 spiro atoms. The van der Waals surface area contributed by atoms with Gasteiger partial charge in [0.1, 0.15) is 0 Å². The van der Waals surface area contributed by atoms with Crippen LogP contribution in [-0.2, 0) is 6.42 Å². The fraction of sp³-hybridized carbons (Fsp3) is 0.600. The predicted octanol–water partition coefficient (Wildman–Crippen LogP) is 1.74. The first-order chi connectivity index (χ1) is 6.16. The van der Waals surface area contributed by atoms with E-state index in [2.05, 4.69) is 23.8 Å². The highest BCUT2D eigenvalue weighted by atomic mass is 15.0. The van der Waals surface area contributed by atoms with Crippen LogP contribution >= 0.6 is 0 Å². The van der Waals surface area contributed by atoms with E-state index in [-0.39, 0.29) is 0 Å². The molecule has 1 aliphatic carbocycles. The van der Waals surface area contributed by atoms with Gasteiger partial charge in [0.15, 0.2) is 0 Å². The molecule has 1 heterocycles. The van der Waals surface area contributed by atoms with E-state index in [1.807, 2.05) is 6.20 Å². The molecule has 0 aliphatic heterocycles. The molecule has 0 fully saturated rings. The van der Waals surface area contributed by atoms with Crippen molar-refractivity contribution < 1.29 is 0 Å². The fourth-order valence-corrected chi connectivity index (χ4v) is 2.19. The van der Waals surface area contributed by atoms with Crippen molar-refractivity contribution in [2.45, 2.75) is 32.6 Å². The Hall–Kier alpha value is -1.12. The molecule has 1 aromatic heterocycles. The van der Waals surface area contributed by atoms with E-state index in [0.717, 1.165) is 18.0 Å². The zero-order valence-electron chi connectivity index (χ0n) is 8.12. The summed E-state index contributed by atoms with van der Waals surface area (Å²) < 4.78 is 0. The minimum atomic E-state index is 0.403. The van der Waals surface area contributed by atoms with Crippen LogP contribution in [0.2, 0.25) is 0 Å². The topological polar surface area (TPSA) is 51.8 Å². The first-order valence-electron chi connectivity index (χ1n) is 4.78. The summed E-state index contributed by atoms with van der Waals surface area (Å²) in [6, 6.07) is 0. The SMILES string of the molecule is CC1Cc2cnc(N)nc2C(C)C1. The van der Waals surface area contributed by atoms with Crippen LogP contribution in [0, 0.1) is 5.92 Å². The molecule has 2 N–H and O–H groups in total. The number of nitrogen functional groups attached to an aromatic ring is 1.